The van der Waals surface area contributed by atoms with Gasteiger partial charge in [0.25, 0.3) is 0 Å². The first-order valence-corrected chi connectivity index (χ1v) is 22.9. The molecule has 0 fully saturated rings. The van der Waals surface area contributed by atoms with E-state index in [4.69, 9.17) is 16.5 Å². The first-order chi connectivity index (χ1) is 9.04. The van der Waals surface area contributed by atoms with Crippen LogP contribution in [0.5, 0.6) is 0 Å². The van der Waals surface area contributed by atoms with Gasteiger partial charge in [-0.25, -0.2) is 0 Å². The second-order valence-electron chi connectivity index (χ2n) is 8.08. The molecular weight excluding hydrogens is 365 g/mol. The Morgan fingerprint density at radius 2 is 0.810 bits per heavy atom. The highest BCUT2D eigenvalue weighted by atomic mass is 28.5. The van der Waals surface area contributed by atoms with E-state index < -0.39 is 33.8 Å². The topological polar surface area (TPSA) is 36.9 Å². The molecule has 0 saturated carbocycles. The van der Waals surface area contributed by atoms with Gasteiger partial charge in [0.05, 0.1) is 0 Å². The number of hydrogen-bond donors (Lipinski definition) is 0. The third-order valence-corrected chi connectivity index (χ3v) is 15.9. The summed E-state index contributed by atoms with van der Waals surface area (Å²) in [6.07, 6.45) is 0. The van der Waals surface area contributed by atoms with Crippen LogP contribution in [0, 0.1) is 0 Å². The van der Waals surface area contributed by atoms with Crippen molar-refractivity contribution in [3.8, 4) is 0 Å². The molecule has 0 aliphatic heterocycles. The maximum absolute atomic E-state index is 6.28. The second kappa shape index (κ2) is 9.44. The van der Waals surface area contributed by atoms with Crippen molar-refractivity contribution >= 4 is 54.0 Å². The Hall–Kier alpha value is 1.14. The predicted octanol–water partition coefficient (Wildman–Crippen LogP) is 2.52. The molecule has 0 aromatic carbocycles. The Labute approximate surface area is 142 Å². The van der Waals surface area contributed by atoms with Crippen LogP contribution in [0.25, 0.3) is 0 Å². The lowest BCUT2D eigenvalue weighted by Gasteiger charge is -2.40. The van der Waals surface area contributed by atoms with Gasteiger partial charge in [0.15, 0.2) is 25.0 Å². The maximum Gasteiger partial charge on any atom is 0.466 e. The average Bonchev–Trinajstić information content (AvgIpc) is 2.07. The smallest absolute Gasteiger partial charge is 0.466 e. The Kier molecular flexibility index (Phi) is 11.0. The average molecular weight is 403 g/mol. The standard InChI is InChI=1S/C10H30O3Si4.CH8OSi2/c1-14(2,3)11-17(10,12-15(4,5)6)13-16(7,8)9;1-4-2-3/h1-10H3;4H2,1,3H3. The third kappa shape index (κ3) is 19.1. The molecule has 0 atom stereocenters. The van der Waals surface area contributed by atoms with E-state index in [1.807, 2.05) is 0 Å². The van der Waals surface area contributed by atoms with Crippen molar-refractivity contribution in [1.29, 1.82) is 0 Å². The number of rotatable bonds is 7. The van der Waals surface area contributed by atoms with E-state index in [0.717, 1.165) is 10.5 Å². The van der Waals surface area contributed by atoms with E-state index in [1.165, 1.54) is 0 Å². The lowest BCUT2D eigenvalue weighted by molar-refractivity contribution is 0.263. The molecule has 0 aromatic rings. The zero-order valence-electron chi connectivity index (χ0n) is 16.3. The van der Waals surface area contributed by atoms with Gasteiger partial charge in [0.2, 0.25) is 0 Å². The minimum Gasteiger partial charge on any atom is -0.468 e. The van der Waals surface area contributed by atoms with Crippen LogP contribution in [0.3, 0.4) is 0 Å². The van der Waals surface area contributed by atoms with Gasteiger partial charge < -0.3 is 16.5 Å². The van der Waals surface area contributed by atoms with E-state index in [2.05, 4.69) is 72.0 Å². The summed E-state index contributed by atoms with van der Waals surface area (Å²) in [5, 5.41) is 0. The van der Waals surface area contributed by atoms with Crippen LogP contribution < -0.4 is 0 Å². The predicted molar refractivity (Wildman–Crippen MR) is 110 cm³/mol. The Morgan fingerprint density at radius 3 is 0.905 bits per heavy atom. The molecule has 0 rings (SSSR count). The van der Waals surface area contributed by atoms with Gasteiger partial charge >= 0.3 is 8.80 Å². The van der Waals surface area contributed by atoms with E-state index in [1.54, 1.807) is 0 Å². The number of hydrogen-bond acceptors (Lipinski definition) is 4. The maximum atomic E-state index is 6.28. The first-order valence-electron chi connectivity index (χ1n) is 7.63. The summed E-state index contributed by atoms with van der Waals surface area (Å²) >= 11 is 0. The molecular formula is C11H38O4Si6. The summed E-state index contributed by atoms with van der Waals surface area (Å²) in [6, 6.07) is 0. The highest BCUT2D eigenvalue weighted by molar-refractivity contribution is 6.89. The molecule has 0 saturated heterocycles. The van der Waals surface area contributed by atoms with Gasteiger partial charge in [0, 0.05) is 6.55 Å². The molecule has 0 N–H and O–H groups in total. The summed E-state index contributed by atoms with van der Waals surface area (Å²) in [5.41, 5.74) is 0. The molecule has 0 spiro atoms. The van der Waals surface area contributed by atoms with Crippen molar-refractivity contribution < 1.29 is 16.5 Å². The molecule has 0 heterocycles. The molecule has 0 amide bonds. The monoisotopic (exact) mass is 402 g/mol. The van der Waals surface area contributed by atoms with Crippen molar-refractivity contribution in [2.45, 2.75) is 72.0 Å². The van der Waals surface area contributed by atoms with E-state index in [-0.39, 0.29) is 9.76 Å². The van der Waals surface area contributed by atoms with E-state index in [0.29, 0.717) is 0 Å². The fourth-order valence-electron chi connectivity index (χ4n) is 1.73. The van der Waals surface area contributed by atoms with Gasteiger partial charge in [0.1, 0.15) is 20.2 Å². The van der Waals surface area contributed by atoms with Gasteiger partial charge in [-0.2, -0.15) is 0 Å². The summed E-state index contributed by atoms with van der Waals surface area (Å²) in [6.45, 7) is 23.9. The largest absolute Gasteiger partial charge is 0.468 e. The van der Waals surface area contributed by atoms with Crippen molar-refractivity contribution in [3.05, 3.63) is 0 Å². The van der Waals surface area contributed by atoms with Crippen LogP contribution in [0.1, 0.15) is 0 Å². The minimum absolute atomic E-state index is 0.0139. The molecule has 4 nitrogen and oxygen atoms in total. The quantitative estimate of drug-likeness (QED) is 0.613. The van der Waals surface area contributed by atoms with Crippen LogP contribution >= 0.6 is 0 Å². The van der Waals surface area contributed by atoms with Crippen molar-refractivity contribution in [2.24, 2.45) is 0 Å². The highest BCUT2D eigenvalue weighted by Crippen LogP contribution is 2.24. The zero-order chi connectivity index (χ0) is 17.5. The molecule has 0 radical (unpaired) electrons. The Morgan fingerprint density at radius 1 is 0.619 bits per heavy atom. The van der Waals surface area contributed by atoms with Crippen LogP contribution in [0.4, 0.5) is 0 Å². The minimum atomic E-state index is -2.47. The second-order valence-corrected chi connectivity index (χ2v) is 27.8. The summed E-state index contributed by atoms with van der Waals surface area (Å²) in [5.74, 6) is 0. The fraction of sp³-hybridized carbons (Fsp3) is 1.00. The molecule has 130 valence electrons. The fourth-order valence-corrected chi connectivity index (χ4v) is 16.7. The normalized spacial score (nSPS) is 14.4. The van der Waals surface area contributed by atoms with E-state index in [9.17, 15) is 0 Å². The lowest BCUT2D eigenvalue weighted by Crippen LogP contribution is -2.58. The van der Waals surface area contributed by atoms with Gasteiger partial charge in [-0.05, 0) is 58.9 Å². The summed E-state index contributed by atoms with van der Waals surface area (Å²) in [4.78, 5) is 0. The molecule has 0 aliphatic carbocycles. The van der Waals surface area contributed by atoms with Crippen LogP contribution in [-0.2, 0) is 16.5 Å². The lowest BCUT2D eigenvalue weighted by atomic mass is 11.8. The molecule has 0 aliphatic rings. The zero-order valence-corrected chi connectivity index (χ0v) is 23.8. The highest BCUT2D eigenvalue weighted by Gasteiger charge is 2.45. The Balaban J connectivity index is 0. The van der Waals surface area contributed by atoms with Gasteiger partial charge in [-0.1, -0.05) is 6.55 Å². The van der Waals surface area contributed by atoms with Crippen molar-refractivity contribution in [3.63, 3.8) is 0 Å². The van der Waals surface area contributed by atoms with Crippen LogP contribution in [0.15, 0.2) is 0 Å². The van der Waals surface area contributed by atoms with Crippen LogP contribution in [0.2, 0.25) is 72.0 Å². The van der Waals surface area contributed by atoms with Crippen molar-refractivity contribution in [1.82, 2.24) is 0 Å². The van der Waals surface area contributed by atoms with Crippen LogP contribution in [-0.4, -0.2) is 54.0 Å². The molecule has 21 heavy (non-hydrogen) atoms. The first kappa shape index (κ1) is 24.4. The SMILES string of the molecule is C[SiH2]O[SiH3].C[Si](C)(C)O[Si](C)(O[Si](C)(C)C)O[Si](C)(C)C. The Bertz CT molecular complexity index is 239. The summed E-state index contributed by atoms with van der Waals surface area (Å²) in [7, 11) is -6.44. The third-order valence-electron chi connectivity index (χ3n) is 1.76. The van der Waals surface area contributed by atoms with E-state index >= 15 is 0 Å². The molecule has 10 heteroatoms. The molecule has 0 unspecified atom stereocenters. The van der Waals surface area contributed by atoms with Gasteiger partial charge in [-0.3, -0.25) is 0 Å². The van der Waals surface area contributed by atoms with Crippen molar-refractivity contribution in [2.75, 3.05) is 0 Å². The van der Waals surface area contributed by atoms with Gasteiger partial charge in [-0.15, -0.1) is 0 Å². The summed E-state index contributed by atoms with van der Waals surface area (Å²) < 4.78 is 23.7. The molecule has 0 bridgehead atoms. The molecule has 0 aromatic heterocycles.